The smallest absolute Gasteiger partial charge is 0.0562 e. The molecule has 1 saturated carbocycles. The van der Waals surface area contributed by atoms with Crippen LogP contribution in [0.3, 0.4) is 0 Å². The van der Waals surface area contributed by atoms with E-state index in [4.69, 9.17) is 0 Å². The van der Waals surface area contributed by atoms with Gasteiger partial charge in [-0.05, 0) is 18.3 Å². The normalized spacial score (nSPS) is 32.9. The Morgan fingerprint density at radius 2 is 1.82 bits per heavy atom. The lowest BCUT2D eigenvalue weighted by atomic mass is 9.79. The fourth-order valence-electron chi connectivity index (χ4n) is 2.35. The lowest BCUT2D eigenvalue weighted by molar-refractivity contribution is 0.267. The van der Waals surface area contributed by atoms with Gasteiger partial charge in [0, 0.05) is 6.54 Å². The third-order valence-electron chi connectivity index (χ3n) is 3.11. The van der Waals surface area contributed by atoms with Crippen LogP contribution in [0.5, 0.6) is 0 Å². The first-order valence-corrected chi connectivity index (χ1v) is 4.86. The van der Waals surface area contributed by atoms with Crippen LogP contribution in [0.4, 0.5) is 0 Å². The number of rotatable bonds is 1. The summed E-state index contributed by atoms with van der Waals surface area (Å²) in [5, 5.41) is 0. The topological polar surface area (TPSA) is 12.4 Å². The van der Waals surface area contributed by atoms with Gasteiger partial charge in [0.25, 0.3) is 0 Å². The summed E-state index contributed by atoms with van der Waals surface area (Å²) in [5.74, 6) is 1.86. The molecule has 1 heterocycles. The van der Waals surface area contributed by atoms with E-state index in [-0.39, 0.29) is 0 Å². The maximum absolute atomic E-state index is 4.19. The predicted molar refractivity (Wildman–Crippen MR) is 47.0 cm³/mol. The van der Waals surface area contributed by atoms with E-state index < -0.39 is 0 Å². The highest BCUT2D eigenvalue weighted by molar-refractivity contribution is 5.59. The fraction of sp³-hybridized carbons (Fsp3) is 0.900. The van der Waals surface area contributed by atoms with Crippen LogP contribution >= 0.6 is 0 Å². The van der Waals surface area contributed by atoms with Gasteiger partial charge >= 0.3 is 0 Å². The van der Waals surface area contributed by atoms with Gasteiger partial charge in [-0.25, -0.2) is 0 Å². The van der Waals surface area contributed by atoms with Crippen LogP contribution in [0.15, 0.2) is 4.99 Å². The van der Waals surface area contributed by atoms with Crippen molar-refractivity contribution in [1.29, 1.82) is 0 Å². The zero-order valence-corrected chi connectivity index (χ0v) is 7.05. The van der Waals surface area contributed by atoms with E-state index in [9.17, 15) is 0 Å². The van der Waals surface area contributed by atoms with Crippen molar-refractivity contribution in [3.05, 3.63) is 0 Å². The summed E-state index contributed by atoms with van der Waals surface area (Å²) < 4.78 is 0. The van der Waals surface area contributed by atoms with Crippen molar-refractivity contribution in [2.45, 2.75) is 38.5 Å². The van der Waals surface area contributed by atoms with Crippen molar-refractivity contribution < 1.29 is 0 Å². The van der Waals surface area contributed by atoms with Gasteiger partial charge in [0.05, 0.1) is 6.21 Å². The van der Waals surface area contributed by atoms with Gasteiger partial charge in [0.2, 0.25) is 0 Å². The first-order valence-electron chi connectivity index (χ1n) is 4.86. The first kappa shape index (κ1) is 7.33. The zero-order valence-electron chi connectivity index (χ0n) is 7.05. The van der Waals surface area contributed by atoms with E-state index >= 15 is 0 Å². The van der Waals surface area contributed by atoms with Crippen LogP contribution in [0.25, 0.3) is 0 Å². The number of aliphatic imine (C=N–C) groups is 1. The molecule has 11 heavy (non-hydrogen) atoms. The quantitative estimate of drug-likeness (QED) is 0.544. The van der Waals surface area contributed by atoms with Crippen LogP contribution < -0.4 is 0 Å². The van der Waals surface area contributed by atoms with Gasteiger partial charge in [-0.15, -0.1) is 0 Å². The van der Waals surface area contributed by atoms with Crippen LogP contribution in [-0.4, -0.2) is 12.8 Å². The molecule has 0 saturated heterocycles. The molecule has 0 bridgehead atoms. The molecule has 0 aromatic rings. The van der Waals surface area contributed by atoms with Gasteiger partial charge in [0.1, 0.15) is 0 Å². The van der Waals surface area contributed by atoms with Crippen LogP contribution in [0.2, 0.25) is 0 Å². The molecular weight excluding hydrogens is 134 g/mol. The van der Waals surface area contributed by atoms with Crippen molar-refractivity contribution in [3.8, 4) is 0 Å². The van der Waals surface area contributed by atoms with E-state index in [0.717, 1.165) is 24.8 Å². The van der Waals surface area contributed by atoms with E-state index in [1.54, 1.807) is 0 Å². The number of hydrogen-bond acceptors (Lipinski definition) is 1. The van der Waals surface area contributed by atoms with Crippen molar-refractivity contribution in [2.75, 3.05) is 6.54 Å². The summed E-state index contributed by atoms with van der Waals surface area (Å²) >= 11 is 0. The molecule has 0 amide bonds. The molecule has 0 aromatic carbocycles. The molecule has 1 radical (unpaired) electrons. The Hall–Kier alpha value is -0.330. The first-order chi connectivity index (χ1) is 5.47. The molecule has 61 valence electrons. The number of hydrogen-bond donors (Lipinski definition) is 0. The van der Waals surface area contributed by atoms with Gasteiger partial charge in [-0.1, -0.05) is 32.1 Å². The molecular formula is C10H16N. The lowest BCUT2D eigenvalue weighted by Crippen LogP contribution is -2.17. The van der Waals surface area contributed by atoms with Crippen LogP contribution in [0.1, 0.15) is 38.5 Å². The molecule has 1 heteroatoms. The van der Waals surface area contributed by atoms with E-state index in [1.807, 2.05) is 0 Å². The van der Waals surface area contributed by atoms with Gasteiger partial charge in [-0.2, -0.15) is 0 Å². The monoisotopic (exact) mass is 150 g/mol. The minimum Gasteiger partial charge on any atom is -0.288 e. The summed E-state index contributed by atoms with van der Waals surface area (Å²) in [6.45, 7) is 1.07. The highest BCUT2D eigenvalue weighted by Gasteiger charge is 2.24. The van der Waals surface area contributed by atoms with Crippen molar-refractivity contribution in [3.63, 3.8) is 0 Å². The molecule has 1 aliphatic heterocycles. The number of nitrogens with zero attached hydrogens (tertiary/aromatic N) is 1. The van der Waals surface area contributed by atoms with Crippen LogP contribution in [0, 0.1) is 11.8 Å². The van der Waals surface area contributed by atoms with Crippen molar-refractivity contribution >= 4 is 6.21 Å². The molecule has 1 aliphatic carbocycles. The maximum atomic E-state index is 4.19. The summed E-state index contributed by atoms with van der Waals surface area (Å²) in [7, 11) is 0. The average Bonchev–Trinajstić information content (AvgIpc) is 2.58. The Bertz CT molecular complexity index is 137. The Labute approximate surface area is 68.9 Å². The summed E-state index contributed by atoms with van der Waals surface area (Å²) in [6.07, 6.45) is 11.5. The average molecular weight is 150 g/mol. The molecule has 1 unspecified atom stereocenters. The van der Waals surface area contributed by atoms with Gasteiger partial charge in [-0.3, -0.25) is 4.99 Å². The second kappa shape index (κ2) is 3.38. The van der Waals surface area contributed by atoms with E-state index in [2.05, 4.69) is 11.2 Å². The molecule has 1 fully saturated rings. The highest BCUT2D eigenvalue weighted by Crippen LogP contribution is 2.32. The lowest BCUT2D eigenvalue weighted by Gasteiger charge is -2.26. The SMILES string of the molecule is [C]1=NCC(C2CCCCC2)C1. The standard InChI is InChI=1S/C10H16N/c1-2-4-9(5-3-1)10-6-7-11-8-10/h9-10H,1-6,8H2. The second-order valence-electron chi connectivity index (χ2n) is 3.86. The minimum atomic E-state index is 0.871. The molecule has 0 spiro atoms. The Balaban J connectivity index is 1.83. The van der Waals surface area contributed by atoms with E-state index in [0.29, 0.717) is 0 Å². The van der Waals surface area contributed by atoms with Crippen molar-refractivity contribution in [2.24, 2.45) is 16.8 Å². The molecule has 1 atom stereocenters. The predicted octanol–water partition coefficient (Wildman–Crippen LogP) is 2.53. The summed E-state index contributed by atoms with van der Waals surface area (Å²) in [5.41, 5.74) is 0. The van der Waals surface area contributed by atoms with Gasteiger partial charge < -0.3 is 0 Å². The molecule has 1 nitrogen and oxygen atoms in total. The third-order valence-corrected chi connectivity index (χ3v) is 3.11. The molecule has 2 rings (SSSR count). The fourth-order valence-corrected chi connectivity index (χ4v) is 2.35. The minimum absolute atomic E-state index is 0.871. The van der Waals surface area contributed by atoms with Crippen LogP contribution in [-0.2, 0) is 0 Å². The zero-order chi connectivity index (χ0) is 7.52. The highest BCUT2D eigenvalue weighted by atomic mass is 14.7. The molecule has 0 N–H and O–H groups in total. The summed E-state index contributed by atoms with van der Waals surface area (Å²) in [6, 6.07) is 0. The molecule has 2 aliphatic rings. The van der Waals surface area contributed by atoms with Crippen molar-refractivity contribution in [1.82, 2.24) is 0 Å². The Morgan fingerprint density at radius 1 is 1.00 bits per heavy atom. The second-order valence-corrected chi connectivity index (χ2v) is 3.86. The molecule has 0 aromatic heterocycles. The Kier molecular flexibility index (Phi) is 2.25. The van der Waals surface area contributed by atoms with E-state index in [1.165, 1.54) is 32.1 Å². The summed E-state index contributed by atoms with van der Waals surface area (Å²) in [4.78, 5) is 4.19. The maximum Gasteiger partial charge on any atom is 0.0562 e. The third kappa shape index (κ3) is 1.63. The largest absolute Gasteiger partial charge is 0.288 e. The van der Waals surface area contributed by atoms with Gasteiger partial charge in [0.15, 0.2) is 0 Å². The Morgan fingerprint density at radius 3 is 2.45 bits per heavy atom.